The van der Waals surface area contributed by atoms with Crippen molar-refractivity contribution in [3.63, 3.8) is 0 Å². The maximum absolute atomic E-state index is 11.7. The van der Waals surface area contributed by atoms with Crippen molar-refractivity contribution in [2.45, 2.75) is 32.3 Å². The number of hydrogen-bond acceptors (Lipinski definition) is 7. The molecule has 0 bridgehead atoms. The standard InChI is InChI=1S/C18H19N3O4S/c1-18(2)7-6-12-8-11(4-5-13(12)25-18)10-19-21-17-20-16(23)14(26-17)9-15(22)24-3/h4-5,8-10H,6-7H2,1-3H3,(H,20,21,23)/b14-9+,19-10?. The molecule has 1 saturated heterocycles. The van der Waals surface area contributed by atoms with Crippen LogP contribution in [0.15, 0.2) is 39.4 Å². The van der Waals surface area contributed by atoms with Crippen LogP contribution in [0.5, 0.6) is 5.75 Å². The Morgan fingerprint density at radius 1 is 1.42 bits per heavy atom. The third-order valence-corrected chi connectivity index (χ3v) is 4.82. The van der Waals surface area contributed by atoms with Crippen LogP contribution in [0, 0.1) is 0 Å². The third-order valence-electron chi connectivity index (χ3n) is 3.92. The molecule has 0 unspecified atom stereocenters. The SMILES string of the molecule is COC(=O)/C=C1/S/C(=N\N=Cc2ccc3c(c2)CCC(C)(C)O3)NC1=O. The van der Waals surface area contributed by atoms with E-state index in [1.807, 2.05) is 18.2 Å². The van der Waals surface area contributed by atoms with Gasteiger partial charge < -0.3 is 9.47 Å². The summed E-state index contributed by atoms with van der Waals surface area (Å²) in [5.41, 5.74) is 1.91. The lowest BCUT2D eigenvalue weighted by molar-refractivity contribution is -0.135. The fourth-order valence-corrected chi connectivity index (χ4v) is 3.29. The molecule has 2 aliphatic heterocycles. The van der Waals surface area contributed by atoms with Crippen molar-refractivity contribution >= 4 is 35.0 Å². The highest BCUT2D eigenvalue weighted by Gasteiger charge is 2.26. The second kappa shape index (κ2) is 7.33. The summed E-state index contributed by atoms with van der Waals surface area (Å²) in [6, 6.07) is 5.87. The molecular weight excluding hydrogens is 354 g/mol. The van der Waals surface area contributed by atoms with Crippen LogP contribution in [0.25, 0.3) is 0 Å². The summed E-state index contributed by atoms with van der Waals surface area (Å²) in [4.78, 5) is 23.2. The number of methoxy groups -OCH3 is 1. The minimum Gasteiger partial charge on any atom is -0.488 e. The Hall–Kier alpha value is -2.61. The van der Waals surface area contributed by atoms with Crippen molar-refractivity contribution in [3.8, 4) is 5.75 Å². The van der Waals surface area contributed by atoms with Crippen LogP contribution >= 0.6 is 11.8 Å². The van der Waals surface area contributed by atoms with Crippen molar-refractivity contribution in [3.05, 3.63) is 40.3 Å². The zero-order valence-corrected chi connectivity index (χ0v) is 15.6. The van der Waals surface area contributed by atoms with Crippen molar-refractivity contribution in [2.75, 3.05) is 7.11 Å². The second-order valence-corrected chi connectivity index (χ2v) is 7.50. The summed E-state index contributed by atoms with van der Waals surface area (Å²) < 4.78 is 10.5. The molecule has 1 aromatic rings. The van der Waals surface area contributed by atoms with Crippen LogP contribution in [0.3, 0.4) is 0 Å². The van der Waals surface area contributed by atoms with E-state index in [2.05, 4.69) is 34.1 Å². The summed E-state index contributed by atoms with van der Waals surface area (Å²) in [6.07, 6.45) is 4.64. The van der Waals surface area contributed by atoms with Crippen LogP contribution < -0.4 is 10.1 Å². The van der Waals surface area contributed by atoms with Crippen molar-refractivity contribution in [1.82, 2.24) is 5.32 Å². The fourth-order valence-electron chi connectivity index (χ4n) is 2.55. The average Bonchev–Trinajstić information content (AvgIpc) is 2.93. The number of esters is 1. The van der Waals surface area contributed by atoms with Crippen LogP contribution in [0.4, 0.5) is 0 Å². The van der Waals surface area contributed by atoms with Crippen LogP contribution in [0.2, 0.25) is 0 Å². The smallest absolute Gasteiger partial charge is 0.331 e. The number of carbonyl (C=O) groups is 2. The van der Waals surface area contributed by atoms with Gasteiger partial charge in [-0.2, -0.15) is 5.10 Å². The number of nitrogens with zero attached hydrogens (tertiary/aromatic N) is 2. The lowest BCUT2D eigenvalue weighted by Gasteiger charge is -2.32. The monoisotopic (exact) mass is 373 g/mol. The molecule has 0 radical (unpaired) electrons. The molecule has 0 aromatic heterocycles. The first-order valence-corrected chi connectivity index (χ1v) is 8.90. The Labute approximate surface area is 155 Å². The van der Waals surface area contributed by atoms with Crippen LogP contribution in [0.1, 0.15) is 31.4 Å². The van der Waals surface area contributed by atoms with Gasteiger partial charge in [0, 0.05) is 6.08 Å². The van der Waals surface area contributed by atoms with E-state index in [1.54, 1.807) is 6.21 Å². The highest BCUT2D eigenvalue weighted by Crippen LogP contribution is 2.33. The lowest BCUT2D eigenvalue weighted by atomic mass is 9.93. The number of ether oxygens (including phenoxy) is 2. The number of carbonyl (C=O) groups excluding carboxylic acids is 2. The quantitative estimate of drug-likeness (QED) is 0.380. The number of rotatable bonds is 3. The molecule has 136 valence electrons. The Bertz CT molecular complexity index is 843. The molecule has 0 atom stereocenters. The molecule has 0 aliphatic carbocycles. The molecule has 0 saturated carbocycles. The first-order chi connectivity index (χ1) is 12.4. The molecule has 3 rings (SSSR count). The van der Waals surface area contributed by atoms with Gasteiger partial charge in [-0.05, 0) is 67.8 Å². The Kier molecular flexibility index (Phi) is 5.13. The van der Waals surface area contributed by atoms with Gasteiger partial charge in [0.2, 0.25) is 0 Å². The largest absolute Gasteiger partial charge is 0.488 e. The molecule has 0 spiro atoms. The lowest BCUT2D eigenvalue weighted by Crippen LogP contribution is -2.32. The zero-order chi connectivity index (χ0) is 18.7. The molecule has 7 nitrogen and oxygen atoms in total. The zero-order valence-electron chi connectivity index (χ0n) is 14.7. The van der Waals surface area contributed by atoms with Crippen LogP contribution in [-0.4, -0.2) is 36.0 Å². The average molecular weight is 373 g/mol. The highest BCUT2D eigenvalue weighted by molar-refractivity contribution is 8.18. The number of nitrogens with one attached hydrogen (secondary N) is 1. The molecular formula is C18H19N3O4S. The van der Waals surface area contributed by atoms with Crippen molar-refractivity contribution in [1.29, 1.82) is 0 Å². The van der Waals surface area contributed by atoms with E-state index in [0.717, 1.165) is 47.6 Å². The van der Waals surface area contributed by atoms with Gasteiger partial charge in [-0.3, -0.25) is 10.1 Å². The highest BCUT2D eigenvalue weighted by atomic mass is 32.2. The van der Waals surface area contributed by atoms with E-state index in [-0.39, 0.29) is 10.5 Å². The number of benzene rings is 1. The number of thioether (sulfide) groups is 1. The van der Waals surface area contributed by atoms with E-state index in [4.69, 9.17) is 4.74 Å². The number of amidine groups is 1. The second-order valence-electron chi connectivity index (χ2n) is 6.47. The first kappa shape index (κ1) is 18.2. The Balaban J connectivity index is 1.68. The van der Waals surface area contributed by atoms with Crippen LogP contribution in [-0.2, 0) is 20.7 Å². The number of amides is 1. The van der Waals surface area contributed by atoms with Crippen molar-refractivity contribution < 1.29 is 19.1 Å². The molecule has 8 heteroatoms. The fraction of sp³-hybridized carbons (Fsp3) is 0.333. The molecule has 2 heterocycles. The Morgan fingerprint density at radius 2 is 2.23 bits per heavy atom. The number of hydrogen-bond donors (Lipinski definition) is 1. The Morgan fingerprint density at radius 3 is 3.00 bits per heavy atom. The molecule has 1 aromatic carbocycles. The van der Waals surface area contributed by atoms with E-state index >= 15 is 0 Å². The maximum Gasteiger partial charge on any atom is 0.331 e. The summed E-state index contributed by atoms with van der Waals surface area (Å²) in [5, 5.41) is 10.8. The molecule has 1 fully saturated rings. The van der Waals surface area contributed by atoms with Crippen molar-refractivity contribution in [2.24, 2.45) is 10.2 Å². The van der Waals surface area contributed by atoms with E-state index in [1.165, 1.54) is 7.11 Å². The van der Waals surface area contributed by atoms with Gasteiger partial charge in [-0.1, -0.05) is 0 Å². The number of aryl methyl sites for hydroxylation is 1. The molecule has 1 N–H and O–H groups in total. The normalized spacial score (nSPS) is 21.6. The van der Waals surface area contributed by atoms with Gasteiger partial charge in [-0.15, -0.1) is 5.10 Å². The van der Waals surface area contributed by atoms with Gasteiger partial charge in [0.05, 0.1) is 18.2 Å². The van der Waals surface area contributed by atoms with Gasteiger partial charge in [0.25, 0.3) is 5.91 Å². The molecule has 1 amide bonds. The summed E-state index contributed by atoms with van der Waals surface area (Å²) in [6.45, 7) is 4.16. The predicted octanol–water partition coefficient (Wildman–Crippen LogP) is 2.40. The van der Waals surface area contributed by atoms with E-state index in [9.17, 15) is 9.59 Å². The summed E-state index contributed by atoms with van der Waals surface area (Å²) in [7, 11) is 1.25. The minimum atomic E-state index is -0.591. The topological polar surface area (TPSA) is 89.3 Å². The van der Waals surface area contributed by atoms with E-state index in [0.29, 0.717) is 5.17 Å². The van der Waals surface area contributed by atoms with Gasteiger partial charge in [0.1, 0.15) is 11.4 Å². The minimum absolute atomic E-state index is 0.137. The van der Waals surface area contributed by atoms with Gasteiger partial charge >= 0.3 is 5.97 Å². The predicted molar refractivity (Wildman–Crippen MR) is 100 cm³/mol. The molecule has 2 aliphatic rings. The van der Waals surface area contributed by atoms with Gasteiger partial charge in [0.15, 0.2) is 5.17 Å². The summed E-state index contributed by atoms with van der Waals surface area (Å²) in [5.74, 6) is -0.0873. The first-order valence-electron chi connectivity index (χ1n) is 8.08. The maximum atomic E-state index is 11.7. The number of fused-ring (bicyclic) bond motifs is 1. The summed E-state index contributed by atoms with van der Waals surface area (Å²) >= 11 is 1.04. The third kappa shape index (κ3) is 4.32. The van der Waals surface area contributed by atoms with Gasteiger partial charge in [-0.25, -0.2) is 4.79 Å². The molecule has 26 heavy (non-hydrogen) atoms. The van der Waals surface area contributed by atoms with E-state index < -0.39 is 11.9 Å².